The van der Waals surface area contributed by atoms with Gasteiger partial charge in [-0.1, -0.05) is 158 Å². The van der Waals surface area contributed by atoms with Crippen LogP contribution in [0.25, 0.3) is 111 Å². The first kappa shape index (κ1) is 69.9. The smallest absolute Gasteiger partial charge is 0.187 e. The summed E-state index contributed by atoms with van der Waals surface area (Å²) in [5.74, 6) is 0. The summed E-state index contributed by atoms with van der Waals surface area (Å²) in [5.41, 5.74) is 22.5. The fourth-order valence-corrected chi connectivity index (χ4v) is 10.3. The van der Waals surface area contributed by atoms with E-state index in [1.54, 1.807) is 18.6 Å². The molecular formula is C80H61Ir4N7-4. The molecule has 0 fully saturated rings. The van der Waals surface area contributed by atoms with E-state index in [9.17, 15) is 0 Å². The second kappa shape index (κ2) is 35.1. The van der Waals surface area contributed by atoms with E-state index < -0.39 is 0 Å². The first-order valence-electron chi connectivity index (χ1n) is 29.1. The molecule has 11 heteroatoms. The van der Waals surface area contributed by atoms with E-state index in [1.807, 2.05) is 140 Å². The zero-order chi connectivity index (χ0) is 59.6. The van der Waals surface area contributed by atoms with E-state index in [1.165, 1.54) is 62.5 Å². The molecule has 8 aromatic carbocycles. The molecule has 0 spiro atoms. The van der Waals surface area contributed by atoms with Crippen LogP contribution in [0.3, 0.4) is 0 Å². The Bertz CT molecular complexity index is 4500. The van der Waals surface area contributed by atoms with Crippen molar-refractivity contribution in [1.29, 1.82) is 0 Å². The zero-order valence-corrected chi connectivity index (χ0v) is 59.7. The van der Waals surface area contributed by atoms with Gasteiger partial charge in [0.25, 0.3) is 0 Å². The standard InChI is InChI=1S/C24H17N2.C22H22N.C18H11N2.C16H11N2.4Ir/c1-17-13-14-25-22(15-17)18-7-6-8-19(16-18)26-23-11-4-2-9-20(23)21-10-3-5-12-24(21)26;1-3-4-7-18-8-5-9-19(14-18)20-10-6-11-21(15-20)22-13-12-17(2)16-23-22;1-19-17-9-5-7-15(13-17)14-6-4-8-16(12-14)18-10-2-3-11-20-18;1-2-10-18-16(8-1)14-6-3-5-13(11-14)15-7-4-9-17-12-15;;;;/h2-6,8-16H,1H3;5-6,8-10,12-16H,3-4,7H2,1-2H3;2-7,9-13H;1-5,7-12H;;;;/q4*-1;;;;. The second-order valence-electron chi connectivity index (χ2n) is 20.9. The molecule has 14 aromatic rings. The molecule has 0 N–H and O–H groups in total. The summed E-state index contributed by atoms with van der Waals surface area (Å²) < 4.78 is 2.32. The molecule has 14 rings (SSSR count). The molecule has 0 aliphatic heterocycles. The normalized spacial score (nSPS) is 10.1. The quantitative estimate of drug-likeness (QED) is 0.121. The SMILES string of the molecule is CCCCc1cccc(-c2cc[c-]c(-c3ccc(C)cn3)c2)c1.Cc1ccnc(-c2[c-]ccc(-n3c4ccccc4c4ccccc43)c2)c1.[C-]#[N+]c1cccc(-c2cc[c-]c(-c3ccccn3)c2)c1.[Ir].[Ir].[Ir].[Ir].[c-]1ccc(-c2cccnc2)cc1-c1ccccn1. The molecule has 91 heavy (non-hydrogen) atoms. The van der Waals surface area contributed by atoms with Gasteiger partial charge < -0.3 is 24.5 Å². The Kier molecular flexibility index (Phi) is 27.0. The molecule has 4 radical (unpaired) electrons. The maximum atomic E-state index is 7.09. The van der Waals surface area contributed by atoms with Gasteiger partial charge in [0.05, 0.1) is 17.6 Å². The molecule has 0 saturated carbocycles. The molecule has 0 saturated heterocycles. The molecule has 0 aliphatic carbocycles. The van der Waals surface area contributed by atoms with E-state index in [-0.39, 0.29) is 80.4 Å². The number of benzene rings is 8. The minimum atomic E-state index is 0. The number of nitrogens with zero attached hydrogens (tertiary/aromatic N) is 7. The Labute approximate surface area is 588 Å². The number of aryl methyl sites for hydroxylation is 3. The van der Waals surface area contributed by atoms with Crippen molar-refractivity contribution in [2.24, 2.45) is 0 Å². The van der Waals surface area contributed by atoms with E-state index in [2.05, 4.69) is 201 Å². The molecule has 7 nitrogen and oxygen atoms in total. The zero-order valence-electron chi connectivity index (χ0n) is 50.1. The summed E-state index contributed by atoms with van der Waals surface area (Å²) in [5, 5.41) is 2.54. The predicted octanol–water partition coefficient (Wildman–Crippen LogP) is 20.2. The van der Waals surface area contributed by atoms with Crippen LogP contribution in [0.15, 0.2) is 280 Å². The van der Waals surface area contributed by atoms with E-state index in [0.29, 0.717) is 5.69 Å². The maximum Gasteiger partial charge on any atom is 0.187 e. The van der Waals surface area contributed by atoms with Crippen LogP contribution in [0.2, 0.25) is 0 Å². The van der Waals surface area contributed by atoms with Gasteiger partial charge in [-0.2, -0.15) is 0 Å². The van der Waals surface area contributed by atoms with Crippen molar-refractivity contribution in [2.45, 2.75) is 40.0 Å². The summed E-state index contributed by atoms with van der Waals surface area (Å²) in [7, 11) is 0. The van der Waals surface area contributed by atoms with Gasteiger partial charge in [0, 0.05) is 128 Å². The Balaban J connectivity index is 0.000000171. The number of aromatic nitrogens is 6. The van der Waals surface area contributed by atoms with Crippen LogP contribution in [0.4, 0.5) is 5.69 Å². The topological polar surface area (TPSA) is 73.7 Å². The van der Waals surface area contributed by atoms with Crippen molar-refractivity contribution < 1.29 is 80.4 Å². The number of fused-ring (bicyclic) bond motifs is 3. The molecule has 0 aliphatic rings. The molecule has 0 atom stereocenters. The van der Waals surface area contributed by atoms with Gasteiger partial charge >= 0.3 is 0 Å². The summed E-state index contributed by atoms with van der Waals surface area (Å²) in [6, 6.07) is 95.1. The van der Waals surface area contributed by atoms with Gasteiger partial charge in [0.15, 0.2) is 5.69 Å². The molecular weight excluding hydrogens is 1830 g/mol. The van der Waals surface area contributed by atoms with E-state index >= 15 is 0 Å². The van der Waals surface area contributed by atoms with Gasteiger partial charge in [-0.3, -0.25) is 4.98 Å². The number of hydrogen-bond donors (Lipinski definition) is 0. The molecule has 6 aromatic heterocycles. The maximum absolute atomic E-state index is 7.09. The largest absolute Gasteiger partial charge is 0.327 e. The minimum Gasteiger partial charge on any atom is -0.327 e. The molecule has 0 bridgehead atoms. The third kappa shape index (κ3) is 18.3. The Hall–Kier alpha value is -8.60. The fourth-order valence-electron chi connectivity index (χ4n) is 10.3. The van der Waals surface area contributed by atoms with Crippen molar-refractivity contribution in [1.82, 2.24) is 29.5 Å². The minimum absolute atomic E-state index is 0. The number of para-hydroxylation sites is 2. The van der Waals surface area contributed by atoms with Crippen molar-refractivity contribution >= 4 is 27.5 Å². The van der Waals surface area contributed by atoms with Crippen LogP contribution in [-0.4, -0.2) is 29.5 Å². The van der Waals surface area contributed by atoms with Crippen molar-refractivity contribution in [3.05, 3.63) is 332 Å². The monoisotopic (exact) mass is 1890 g/mol. The first-order chi connectivity index (χ1) is 42.9. The van der Waals surface area contributed by atoms with Crippen molar-refractivity contribution in [3.63, 3.8) is 0 Å². The Morgan fingerprint density at radius 2 is 0.912 bits per heavy atom. The summed E-state index contributed by atoms with van der Waals surface area (Å²) in [6.45, 7) is 13.5. The average molecular weight is 1890 g/mol. The second-order valence-corrected chi connectivity index (χ2v) is 20.9. The summed E-state index contributed by atoms with van der Waals surface area (Å²) in [6.07, 6.45) is 14.6. The van der Waals surface area contributed by atoms with Crippen LogP contribution in [0, 0.1) is 44.7 Å². The number of hydrogen-bond acceptors (Lipinski definition) is 5. The molecule has 456 valence electrons. The third-order valence-corrected chi connectivity index (χ3v) is 14.7. The van der Waals surface area contributed by atoms with Gasteiger partial charge in [-0.05, 0) is 119 Å². The third-order valence-electron chi connectivity index (χ3n) is 14.7. The first-order valence-corrected chi connectivity index (χ1v) is 29.1. The van der Waals surface area contributed by atoms with E-state index in [4.69, 9.17) is 6.57 Å². The van der Waals surface area contributed by atoms with Gasteiger partial charge in [-0.15, -0.1) is 130 Å². The molecule has 0 amide bonds. The van der Waals surface area contributed by atoms with E-state index in [0.717, 1.165) is 79.4 Å². The van der Waals surface area contributed by atoms with Crippen LogP contribution in [0.1, 0.15) is 36.5 Å². The van der Waals surface area contributed by atoms with Gasteiger partial charge in [0.1, 0.15) is 0 Å². The number of unbranched alkanes of at least 4 members (excludes halogenated alkanes) is 1. The van der Waals surface area contributed by atoms with Crippen LogP contribution < -0.4 is 0 Å². The van der Waals surface area contributed by atoms with Crippen LogP contribution in [-0.2, 0) is 86.8 Å². The van der Waals surface area contributed by atoms with Gasteiger partial charge in [-0.25, -0.2) is 4.85 Å². The Morgan fingerprint density at radius 1 is 0.396 bits per heavy atom. The fraction of sp³-hybridized carbons (Fsp3) is 0.0750. The Morgan fingerprint density at radius 3 is 1.45 bits per heavy atom. The van der Waals surface area contributed by atoms with Crippen LogP contribution >= 0.6 is 0 Å². The summed E-state index contributed by atoms with van der Waals surface area (Å²) >= 11 is 0. The van der Waals surface area contributed by atoms with Crippen molar-refractivity contribution in [3.8, 4) is 84.1 Å². The summed E-state index contributed by atoms with van der Waals surface area (Å²) in [4.78, 5) is 25.3. The van der Waals surface area contributed by atoms with Crippen molar-refractivity contribution in [2.75, 3.05) is 0 Å². The predicted molar refractivity (Wildman–Crippen MR) is 357 cm³/mol. The number of pyridine rings is 5. The van der Waals surface area contributed by atoms with Gasteiger partial charge in [0.2, 0.25) is 0 Å². The molecule has 6 heterocycles. The van der Waals surface area contributed by atoms with Crippen LogP contribution in [0.5, 0.6) is 0 Å². The average Bonchev–Trinajstić information content (AvgIpc) is 1.62. The number of rotatable bonds is 11. The molecule has 0 unspecified atom stereocenters.